The molecule has 0 aromatic carbocycles. The third-order valence-electron chi connectivity index (χ3n) is 2.56. The van der Waals surface area contributed by atoms with Gasteiger partial charge in [0.25, 0.3) is 0 Å². The molecule has 2 rings (SSSR count). The number of nitrogens with two attached hydrogens (primary N) is 1. The first-order valence-corrected chi connectivity index (χ1v) is 5.16. The first-order chi connectivity index (χ1) is 7.24. The molecule has 3 N–H and O–H groups in total. The number of hydrogen-bond donors (Lipinski definition) is 2. The van der Waals surface area contributed by atoms with Gasteiger partial charge in [-0.15, -0.1) is 0 Å². The molecular weight excluding hydrogens is 190 g/mol. The quantitative estimate of drug-likeness (QED) is 0.727. The second kappa shape index (κ2) is 4.46. The number of rotatable bonds is 2. The van der Waals surface area contributed by atoms with Gasteiger partial charge in [0.05, 0.1) is 11.9 Å². The van der Waals surface area contributed by atoms with E-state index in [0.29, 0.717) is 5.69 Å². The van der Waals surface area contributed by atoms with E-state index in [0.717, 1.165) is 32.0 Å². The molecular formula is C10H17N5. The van der Waals surface area contributed by atoms with Crippen molar-refractivity contribution in [3.8, 4) is 0 Å². The smallest absolute Gasteiger partial charge is 0.140 e. The molecule has 0 amide bonds. The summed E-state index contributed by atoms with van der Waals surface area (Å²) in [6.07, 6.45) is 1.67. The number of nitrogens with one attached hydrogen (secondary N) is 1. The summed E-state index contributed by atoms with van der Waals surface area (Å²) >= 11 is 0. The van der Waals surface area contributed by atoms with Gasteiger partial charge in [0, 0.05) is 26.2 Å². The Balaban J connectivity index is 1.89. The van der Waals surface area contributed by atoms with E-state index >= 15 is 0 Å². The normalized spacial score (nSPS) is 19.0. The Morgan fingerprint density at radius 2 is 2.00 bits per heavy atom. The average Bonchev–Trinajstić information content (AvgIpc) is 2.25. The summed E-state index contributed by atoms with van der Waals surface area (Å²) in [6, 6.07) is 3.75. The van der Waals surface area contributed by atoms with Crippen LogP contribution in [0.25, 0.3) is 0 Å². The summed E-state index contributed by atoms with van der Waals surface area (Å²) < 4.78 is 0. The summed E-state index contributed by atoms with van der Waals surface area (Å²) in [5.41, 5.74) is 9.53. The van der Waals surface area contributed by atoms with Crippen molar-refractivity contribution in [2.24, 2.45) is 0 Å². The zero-order valence-corrected chi connectivity index (χ0v) is 8.98. The van der Waals surface area contributed by atoms with Gasteiger partial charge in [0.1, 0.15) is 5.82 Å². The van der Waals surface area contributed by atoms with Crippen molar-refractivity contribution in [3.05, 3.63) is 18.3 Å². The van der Waals surface area contributed by atoms with Crippen LogP contribution in [0.2, 0.25) is 0 Å². The van der Waals surface area contributed by atoms with Crippen LogP contribution >= 0.6 is 0 Å². The Morgan fingerprint density at radius 1 is 1.27 bits per heavy atom. The number of hydrazine groups is 1. The van der Waals surface area contributed by atoms with E-state index in [2.05, 4.69) is 27.4 Å². The maximum atomic E-state index is 5.57. The lowest BCUT2D eigenvalue weighted by molar-refractivity contribution is 0.178. The number of hydrogen-bond acceptors (Lipinski definition) is 5. The van der Waals surface area contributed by atoms with Gasteiger partial charge >= 0.3 is 0 Å². The van der Waals surface area contributed by atoms with Gasteiger partial charge < -0.3 is 16.1 Å². The first-order valence-electron chi connectivity index (χ1n) is 5.16. The number of likely N-dealkylation sites (N-methyl/N-ethyl adjacent to an activating group) is 1. The third kappa shape index (κ3) is 2.81. The Kier molecular flexibility index (Phi) is 3.03. The molecule has 1 fully saturated rings. The summed E-state index contributed by atoms with van der Waals surface area (Å²) in [7, 11) is 2.14. The maximum Gasteiger partial charge on any atom is 0.140 e. The highest BCUT2D eigenvalue weighted by Crippen LogP contribution is 2.08. The van der Waals surface area contributed by atoms with E-state index in [1.165, 1.54) is 0 Å². The number of piperazine rings is 1. The van der Waals surface area contributed by atoms with Crippen LogP contribution in [0.4, 0.5) is 11.5 Å². The molecule has 0 saturated carbocycles. The fraction of sp³-hybridized carbons (Fsp3) is 0.500. The minimum absolute atomic E-state index is 0.693. The molecule has 2 heterocycles. The highest BCUT2D eigenvalue weighted by molar-refractivity contribution is 5.43. The van der Waals surface area contributed by atoms with Gasteiger partial charge in [-0.3, -0.25) is 0 Å². The van der Waals surface area contributed by atoms with Crippen molar-refractivity contribution in [1.29, 1.82) is 0 Å². The van der Waals surface area contributed by atoms with Gasteiger partial charge in [-0.05, 0) is 19.2 Å². The number of nitrogen functional groups attached to an aromatic ring is 1. The molecule has 0 radical (unpaired) electrons. The monoisotopic (exact) mass is 207 g/mol. The number of pyridine rings is 1. The number of anilines is 2. The molecule has 0 unspecified atom stereocenters. The van der Waals surface area contributed by atoms with Gasteiger partial charge in [0.15, 0.2) is 0 Å². The lowest BCUT2D eigenvalue weighted by Crippen LogP contribution is -2.47. The van der Waals surface area contributed by atoms with E-state index in [9.17, 15) is 0 Å². The fourth-order valence-corrected chi connectivity index (χ4v) is 1.55. The Morgan fingerprint density at radius 3 is 2.60 bits per heavy atom. The fourth-order valence-electron chi connectivity index (χ4n) is 1.55. The van der Waals surface area contributed by atoms with Crippen LogP contribution < -0.4 is 11.2 Å². The van der Waals surface area contributed by atoms with E-state index in [1.807, 2.05) is 12.1 Å². The first kappa shape index (κ1) is 10.2. The van der Waals surface area contributed by atoms with Crippen molar-refractivity contribution in [1.82, 2.24) is 14.9 Å². The van der Waals surface area contributed by atoms with Crippen LogP contribution in [0.1, 0.15) is 0 Å². The van der Waals surface area contributed by atoms with Crippen LogP contribution in [0, 0.1) is 0 Å². The van der Waals surface area contributed by atoms with Crippen molar-refractivity contribution < 1.29 is 0 Å². The Bertz CT molecular complexity index is 302. The van der Waals surface area contributed by atoms with Gasteiger partial charge in [-0.25, -0.2) is 9.99 Å². The highest BCUT2D eigenvalue weighted by Gasteiger charge is 2.13. The van der Waals surface area contributed by atoms with Gasteiger partial charge in [0.2, 0.25) is 0 Å². The van der Waals surface area contributed by atoms with Crippen LogP contribution in [0.5, 0.6) is 0 Å². The summed E-state index contributed by atoms with van der Waals surface area (Å²) in [5.74, 6) is 0.855. The molecule has 0 spiro atoms. The summed E-state index contributed by atoms with van der Waals surface area (Å²) in [4.78, 5) is 6.51. The minimum Gasteiger partial charge on any atom is -0.397 e. The third-order valence-corrected chi connectivity index (χ3v) is 2.56. The lowest BCUT2D eigenvalue weighted by Gasteiger charge is -2.32. The SMILES string of the molecule is CN1CCN(Nc2ccc(N)cn2)CC1. The molecule has 82 valence electrons. The maximum absolute atomic E-state index is 5.57. The predicted octanol–water partition coefficient (Wildman–Crippen LogP) is 0.238. The van der Waals surface area contributed by atoms with Gasteiger partial charge in [-0.2, -0.15) is 0 Å². The van der Waals surface area contributed by atoms with Crippen LogP contribution in [0.15, 0.2) is 18.3 Å². The highest BCUT2D eigenvalue weighted by atomic mass is 15.5. The van der Waals surface area contributed by atoms with Crippen molar-refractivity contribution in [2.75, 3.05) is 44.4 Å². The molecule has 5 nitrogen and oxygen atoms in total. The summed E-state index contributed by atoms with van der Waals surface area (Å²) in [6.45, 7) is 4.20. The molecule has 15 heavy (non-hydrogen) atoms. The molecule has 1 aromatic heterocycles. The number of nitrogens with zero attached hydrogens (tertiary/aromatic N) is 3. The summed E-state index contributed by atoms with van der Waals surface area (Å²) in [5, 5.41) is 2.18. The van der Waals surface area contributed by atoms with Crippen LogP contribution in [-0.4, -0.2) is 48.1 Å². The molecule has 0 atom stereocenters. The Labute approximate surface area is 89.8 Å². The molecule has 1 aromatic rings. The topological polar surface area (TPSA) is 57.4 Å². The molecule has 0 aliphatic carbocycles. The van der Waals surface area contributed by atoms with Crippen molar-refractivity contribution in [3.63, 3.8) is 0 Å². The largest absolute Gasteiger partial charge is 0.397 e. The van der Waals surface area contributed by atoms with Crippen molar-refractivity contribution in [2.45, 2.75) is 0 Å². The van der Waals surface area contributed by atoms with E-state index in [4.69, 9.17) is 5.73 Å². The van der Waals surface area contributed by atoms with Crippen LogP contribution in [0.3, 0.4) is 0 Å². The molecule has 1 saturated heterocycles. The van der Waals surface area contributed by atoms with Crippen LogP contribution in [-0.2, 0) is 0 Å². The number of aromatic nitrogens is 1. The molecule has 5 heteroatoms. The second-order valence-electron chi connectivity index (χ2n) is 3.88. The van der Waals surface area contributed by atoms with E-state index in [1.54, 1.807) is 6.20 Å². The molecule has 1 aliphatic rings. The van der Waals surface area contributed by atoms with E-state index in [-0.39, 0.29) is 0 Å². The zero-order chi connectivity index (χ0) is 10.7. The zero-order valence-electron chi connectivity index (χ0n) is 8.98. The Hall–Kier alpha value is -1.33. The lowest BCUT2D eigenvalue weighted by atomic mass is 10.4. The molecule has 1 aliphatic heterocycles. The molecule has 0 bridgehead atoms. The second-order valence-corrected chi connectivity index (χ2v) is 3.88. The minimum atomic E-state index is 0.693. The standard InChI is InChI=1S/C10H17N5/c1-14-4-6-15(7-5-14)13-10-3-2-9(11)8-12-10/h2-3,8H,4-7,11H2,1H3,(H,12,13). The van der Waals surface area contributed by atoms with Crippen molar-refractivity contribution >= 4 is 11.5 Å². The predicted molar refractivity (Wildman–Crippen MR) is 61.3 cm³/mol. The van der Waals surface area contributed by atoms with Gasteiger partial charge in [-0.1, -0.05) is 0 Å². The average molecular weight is 207 g/mol. The van der Waals surface area contributed by atoms with E-state index < -0.39 is 0 Å².